The molecule has 1 aromatic heterocycles. The summed E-state index contributed by atoms with van der Waals surface area (Å²) >= 11 is 6.27. The van der Waals surface area contributed by atoms with Crippen LogP contribution >= 0.6 is 11.6 Å². The molecule has 1 aromatic carbocycles. The predicted octanol–water partition coefficient (Wildman–Crippen LogP) is 2.38. The normalized spacial score (nSPS) is 19.0. The third kappa shape index (κ3) is 1.33. The predicted molar refractivity (Wildman–Crippen MR) is 70.2 cm³/mol. The van der Waals surface area contributed by atoms with Crippen molar-refractivity contribution >= 4 is 28.3 Å². The van der Waals surface area contributed by atoms with Gasteiger partial charge in [0.25, 0.3) is 0 Å². The quantitative estimate of drug-likeness (QED) is 0.846. The molecule has 0 bridgehead atoms. The van der Waals surface area contributed by atoms with Gasteiger partial charge in [0.2, 0.25) is 0 Å². The van der Waals surface area contributed by atoms with Crippen LogP contribution < -0.4 is 10.6 Å². The second-order valence-corrected chi connectivity index (χ2v) is 4.89. The smallest absolute Gasteiger partial charge is 0.326 e. The van der Waals surface area contributed by atoms with Crippen LogP contribution in [0.3, 0.4) is 0 Å². The second kappa shape index (κ2) is 3.53. The Kier molecular flexibility index (Phi) is 2.23. The lowest BCUT2D eigenvalue weighted by atomic mass is 10.1. The summed E-state index contributed by atoms with van der Waals surface area (Å²) < 4.78 is 1.81. The molecule has 1 atom stereocenters. The number of benzene rings is 1. The van der Waals surface area contributed by atoms with Crippen molar-refractivity contribution in [3.05, 3.63) is 27.6 Å². The van der Waals surface area contributed by atoms with Crippen LogP contribution in [0.5, 0.6) is 0 Å². The number of aromatic nitrogens is 2. The standard InChI is InChI=1S/C12H14ClN3O/c1-3-15-6-7(2)16-11-9(14-12(16)17)5-4-8(13)10(11)15/h4-5,7H,3,6H2,1-2H3,(H,14,17). The lowest BCUT2D eigenvalue weighted by Crippen LogP contribution is -2.37. The zero-order valence-electron chi connectivity index (χ0n) is 9.83. The van der Waals surface area contributed by atoms with Crippen LogP contribution in [0.1, 0.15) is 19.9 Å². The Balaban J connectivity index is 2.47. The lowest BCUT2D eigenvalue weighted by molar-refractivity contribution is 0.520. The number of rotatable bonds is 1. The van der Waals surface area contributed by atoms with Gasteiger partial charge in [-0.3, -0.25) is 4.57 Å². The fraction of sp³-hybridized carbons (Fsp3) is 0.417. The van der Waals surface area contributed by atoms with Crippen LogP contribution in [0, 0.1) is 0 Å². The minimum Gasteiger partial charge on any atom is -0.367 e. The van der Waals surface area contributed by atoms with Gasteiger partial charge in [0.1, 0.15) is 0 Å². The van der Waals surface area contributed by atoms with Crippen LogP contribution in [0.15, 0.2) is 16.9 Å². The topological polar surface area (TPSA) is 41.0 Å². The molecule has 2 aromatic rings. The van der Waals surface area contributed by atoms with E-state index in [0.29, 0.717) is 5.02 Å². The molecule has 0 saturated carbocycles. The molecule has 0 saturated heterocycles. The molecule has 1 N–H and O–H groups in total. The number of aromatic amines is 1. The Morgan fingerprint density at radius 3 is 3.00 bits per heavy atom. The van der Waals surface area contributed by atoms with E-state index in [1.54, 1.807) is 0 Å². The molecule has 2 heterocycles. The van der Waals surface area contributed by atoms with Crippen LogP contribution in [0.25, 0.3) is 11.0 Å². The fourth-order valence-electron chi connectivity index (χ4n) is 2.68. The zero-order valence-corrected chi connectivity index (χ0v) is 10.6. The Hall–Kier alpha value is -1.42. The van der Waals surface area contributed by atoms with Crippen LogP contribution in [-0.4, -0.2) is 22.6 Å². The zero-order chi connectivity index (χ0) is 12.2. The molecule has 1 unspecified atom stereocenters. The number of hydrogen-bond acceptors (Lipinski definition) is 2. The van der Waals surface area contributed by atoms with Crippen molar-refractivity contribution in [2.45, 2.75) is 19.9 Å². The van der Waals surface area contributed by atoms with Gasteiger partial charge in [-0.2, -0.15) is 0 Å². The van der Waals surface area contributed by atoms with Crippen molar-refractivity contribution in [1.29, 1.82) is 0 Å². The van der Waals surface area contributed by atoms with Gasteiger partial charge in [-0.05, 0) is 26.0 Å². The van der Waals surface area contributed by atoms with E-state index in [2.05, 4.69) is 23.7 Å². The molecule has 1 aliphatic heterocycles. The monoisotopic (exact) mass is 251 g/mol. The highest BCUT2D eigenvalue weighted by Crippen LogP contribution is 2.37. The Morgan fingerprint density at radius 2 is 2.29 bits per heavy atom. The maximum atomic E-state index is 11.9. The van der Waals surface area contributed by atoms with Crippen molar-refractivity contribution in [2.24, 2.45) is 0 Å². The maximum Gasteiger partial charge on any atom is 0.326 e. The molecular formula is C12H14ClN3O. The van der Waals surface area contributed by atoms with E-state index in [1.807, 2.05) is 16.7 Å². The molecular weight excluding hydrogens is 238 g/mol. The first-order chi connectivity index (χ1) is 8.13. The van der Waals surface area contributed by atoms with Gasteiger partial charge in [-0.15, -0.1) is 0 Å². The van der Waals surface area contributed by atoms with Crippen LogP contribution in [-0.2, 0) is 0 Å². The summed E-state index contributed by atoms with van der Waals surface area (Å²) in [6.45, 7) is 5.87. The molecule has 0 radical (unpaired) electrons. The number of imidazole rings is 1. The highest BCUT2D eigenvalue weighted by Gasteiger charge is 2.27. The van der Waals surface area contributed by atoms with Crippen LogP contribution in [0.4, 0.5) is 5.69 Å². The summed E-state index contributed by atoms with van der Waals surface area (Å²) in [6, 6.07) is 3.88. The molecule has 90 valence electrons. The van der Waals surface area contributed by atoms with Crippen molar-refractivity contribution in [2.75, 3.05) is 18.0 Å². The number of nitrogens with one attached hydrogen (secondary N) is 1. The van der Waals surface area contributed by atoms with Crippen molar-refractivity contribution < 1.29 is 0 Å². The van der Waals surface area contributed by atoms with Gasteiger partial charge in [0.15, 0.2) is 0 Å². The van der Waals surface area contributed by atoms with Gasteiger partial charge < -0.3 is 9.88 Å². The molecule has 1 aliphatic rings. The summed E-state index contributed by atoms with van der Waals surface area (Å²) in [5.74, 6) is 0. The average molecular weight is 252 g/mol. The molecule has 0 aliphatic carbocycles. The number of anilines is 1. The number of likely N-dealkylation sites (N-methyl/N-ethyl adjacent to an activating group) is 1. The second-order valence-electron chi connectivity index (χ2n) is 4.48. The van der Waals surface area contributed by atoms with E-state index in [0.717, 1.165) is 29.8 Å². The summed E-state index contributed by atoms with van der Waals surface area (Å²) in [5.41, 5.74) is 2.72. The average Bonchev–Trinajstić information content (AvgIpc) is 2.64. The molecule has 0 amide bonds. The van der Waals surface area contributed by atoms with Crippen molar-refractivity contribution in [1.82, 2.24) is 9.55 Å². The number of H-pyrrole nitrogens is 1. The summed E-state index contributed by atoms with van der Waals surface area (Å²) in [4.78, 5) is 17.0. The number of hydrogen-bond donors (Lipinski definition) is 1. The minimum absolute atomic E-state index is 0.0493. The van der Waals surface area contributed by atoms with E-state index in [-0.39, 0.29) is 11.7 Å². The SMILES string of the molecule is CCN1CC(C)n2c(=O)[nH]c3ccc(Cl)c1c32. The molecule has 0 fully saturated rings. The molecule has 0 spiro atoms. The highest BCUT2D eigenvalue weighted by molar-refractivity contribution is 6.34. The Labute approximate surface area is 104 Å². The van der Waals surface area contributed by atoms with E-state index in [4.69, 9.17) is 11.6 Å². The molecule has 3 rings (SSSR count). The first-order valence-corrected chi connectivity index (χ1v) is 6.19. The summed E-state index contributed by atoms with van der Waals surface area (Å²) in [7, 11) is 0. The van der Waals surface area contributed by atoms with E-state index in [1.165, 1.54) is 0 Å². The maximum absolute atomic E-state index is 11.9. The third-order valence-corrected chi connectivity index (χ3v) is 3.73. The highest BCUT2D eigenvalue weighted by atomic mass is 35.5. The molecule has 5 heteroatoms. The largest absolute Gasteiger partial charge is 0.367 e. The number of nitrogens with zero attached hydrogens (tertiary/aromatic N) is 2. The first kappa shape index (κ1) is 10.7. The third-order valence-electron chi connectivity index (χ3n) is 3.43. The summed E-state index contributed by atoms with van der Waals surface area (Å²) in [5, 5.41) is 0.707. The van der Waals surface area contributed by atoms with Crippen LogP contribution in [0.2, 0.25) is 5.02 Å². The van der Waals surface area contributed by atoms with E-state index >= 15 is 0 Å². The van der Waals surface area contributed by atoms with Crippen molar-refractivity contribution in [3.8, 4) is 0 Å². The van der Waals surface area contributed by atoms with E-state index < -0.39 is 0 Å². The van der Waals surface area contributed by atoms with Gasteiger partial charge in [-0.25, -0.2) is 4.79 Å². The molecule has 4 nitrogen and oxygen atoms in total. The molecule has 17 heavy (non-hydrogen) atoms. The van der Waals surface area contributed by atoms with Gasteiger partial charge in [0, 0.05) is 13.1 Å². The van der Waals surface area contributed by atoms with E-state index in [9.17, 15) is 4.79 Å². The number of halogens is 1. The minimum atomic E-state index is -0.0493. The Bertz CT molecular complexity index is 643. The summed E-state index contributed by atoms with van der Waals surface area (Å²) in [6.07, 6.45) is 0. The van der Waals surface area contributed by atoms with Gasteiger partial charge in [0.05, 0.1) is 27.8 Å². The van der Waals surface area contributed by atoms with Crippen molar-refractivity contribution in [3.63, 3.8) is 0 Å². The fourth-order valence-corrected chi connectivity index (χ4v) is 2.95. The Morgan fingerprint density at radius 1 is 1.53 bits per heavy atom. The van der Waals surface area contributed by atoms with Gasteiger partial charge in [-0.1, -0.05) is 11.6 Å². The first-order valence-electron chi connectivity index (χ1n) is 5.81. The lowest BCUT2D eigenvalue weighted by Gasteiger charge is -2.33. The van der Waals surface area contributed by atoms with Gasteiger partial charge >= 0.3 is 5.69 Å².